The molecular weight excluding hydrogens is 292 g/mol. The van der Waals surface area contributed by atoms with Gasteiger partial charge in [0.1, 0.15) is 0 Å². The molecule has 6 nitrogen and oxygen atoms in total. The Morgan fingerprint density at radius 3 is 2.78 bits per heavy atom. The molecule has 3 heterocycles. The van der Waals surface area contributed by atoms with Crippen LogP contribution in [0.1, 0.15) is 51.5 Å². The third kappa shape index (κ3) is 3.74. The number of carbonyl (C=O) groups excluding carboxylic acids is 2. The van der Waals surface area contributed by atoms with Crippen molar-refractivity contribution in [1.29, 1.82) is 0 Å². The minimum atomic E-state index is 0.0855. The molecule has 1 aromatic rings. The predicted molar refractivity (Wildman–Crippen MR) is 86.7 cm³/mol. The summed E-state index contributed by atoms with van der Waals surface area (Å²) in [6, 6.07) is 0.410. The molecule has 0 aromatic carbocycles. The van der Waals surface area contributed by atoms with Crippen LogP contribution in [0.4, 0.5) is 0 Å². The molecule has 2 fully saturated rings. The Labute approximate surface area is 137 Å². The van der Waals surface area contributed by atoms with Crippen LogP contribution in [0.2, 0.25) is 0 Å². The van der Waals surface area contributed by atoms with Crippen LogP contribution in [-0.2, 0) is 9.59 Å². The lowest BCUT2D eigenvalue weighted by Crippen LogP contribution is -2.47. The van der Waals surface area contributed by atoms with Gasteiger partial charge >= 0.3 is 0 Å². The van der Waals surface area contributed by atoms with E-state index in [2.05, 4.69) is 9.55 Å². The molecule has 6 heteroatoms. The largest absolute Gasteiger partial charge is 0.341 e. The maximum atomic E-state index is 12.7. The molecule has 23 heavy (non-hydrogen) atoms. The molecule has 2 saturated heterocycles. The van der Waals surface area contributed by atoms with Crippen LogP contribution in [0, 0.1) is 0 Å². The number of hydrogen-bond acceptors (Lipinski definition) is 3. The lowest BCUT2D eigenvalue weighted by Gasteiger charge is -2.38. The fourth-order valence-corrected chi connectivity index (χ4v) is 3.87. The van der Waals surface area contributed by atoms with Crippen molar-refractivity contribution in [3.05, 3.63) is 18.7 Å². The fraction of sp³-hybridized carbons (Fsp3) is 0.706. The Morgan fingerprint density at radius 2 is 2.04 bits per heavy atom. The summed E-state index contributed by atoms with van der Waals surface area (Å²) >= 11 is 0. The van der Waals surface area contributed by atoms with Crippen LogP contribution in [0.3, 0.4) is 0 Å². The molecule has 0 radical (unpaired) electrons. The fourth-order valence-electron chi connectivity index (χ4n) is 3.87. The lowest BCUT2D eigenvalue weighted by molar-refractivity contribution is -0.138. The van der Waals surface area contributed by atoms with Crippen molar-refractivity contribution in [2.75, 3.05) is 19.6 Å². The van der Waals surface area contributed by atoms with E-state index in [4.69, 9.17) is 0 Å². The van der Waals surface area contributed by atoms with Crippen molar-refractivity contribution in [2.45, 2.75) is 57.5 Å². The van der Waals surface area contributed by atoms with Gasteiger partial charge in [-0.25, -0.2) is 4.98 Å². The Balaban J connectivity index is 1.60. The monoisotopic (exact) mass is 318 g/mol. The number of rotatable bonds is 3. The van der Waals surface area contributed by atoms with Gasteiger partial charge in [-0.2, -0.15) is 0 Å². The second kappa shape index (κ2) is 7.15. The first-order valence-electron chi connectivity index (χ1n) is 8.67. The Bertz CT molecular complexity index is 543. The Kier molecular flexibility index (Phi) is 4.98. The van der Waals surface area contributed by atoms with E-state index < -0.39 is 0 Å². The van der Waals surface area contributed by atoms with Crippen LogP contribution in [0.15, 0.2) is 18.7 Å². The summed E-state index contributed by atoms with van der Waals surface area (Å²) in [5, 5.41) is 0. The molecule has 2 atom stereocenters. The van der Waals surface area contributed by atoms with Crippen molar-refractivity contribution in [1.82, 2.24) is 19.4 Å². The number of amides is 2. The second-order valence-electron chi connectivity index (χ2n) is 6.71. The van der Waals surface area contributed by atoms with Gasteiger partial charge in [0.05, 0.1) is 12.4 Å². The first-order chi connectivity index (χ1) is 11.1. The molecule has 0 unspecified atom stereocenters. The van der Waals surface area contributed by atoms with Gasteiger partial charge < -0.3 is 14.4 Å². The topological polar surface area (TPSA) is 58.4 Å². The smallest absolute Gasteiger partial charge is 0.224 e. The third-order valence-electron chi connectivity index (χ3n) is 5.14. The zero-order valence-corrected chi connectivity index (χ0v) is 13.9. The summed E-state index contributed by atoms with van der Waals surface area (Å²) in [4.78, 5) is 32.4. The van der Waals surface area contributed by atoms with Crippen LogP contribution in [-0.4, -0.2) is 56.8 Å². The maximum absolute atomic E-state index is 12.7. The average molecular weight is 318 g/mol. The average Bonchev–Trinajstić information content (AvgIpc) is 3.10. The first-order valence-corrected chi connectivity index (χ1v) is 8.67. The summed E-state index contributed by atoms with van der Waals surface area (Å²) in [5.74, 6) is 0.283. The molecule has 2 amide bonds. The third-order valence-corrected chi connectivity index (χ3v) is 5.14. The molecule has 126 valence electrons. The quantitative estimate of drug-likeness (QED) is 0.854. The SMILES string of the molecule is CC(=O)N1CCCC[C@@H]1CC(=O)N1CCC[C@H](n2ccnc2)C1. The van der Waals surface area contributed by atoms with Crippen molar-refractivity contribution in [2.24, 2.45) is 0 Å². The van der Waals surface area contributed by atoms with Gasteiger partial charge in [-0.3, -0.25) is 9.59 Å². The van der Waals surface area contributed by atoms with E-state index in [9.17, 15) is 9.59 Å². The van der Waals surface area contributed by atoms with Crippen LogP contribution in [0.25, 0.3) is 0 Å². The predicted octanol–water partition coefficient (Wildman–Crippen LogP) is 1.84. The number of piperidine rings is 2. The Hall–Kier alpha value is -1.85. The van der Waals surface area contributed by atoms with Gasteiger partial charge in [-0.05, 0) is 32.1 Å². The van der Waals surface area contributed by atoms with Crippen molar-refractivity contribution in [3.8, 4) is 0 Å². The van der Waals surface area contributed by atoms with Crippen LogP contribution < -0.4 is 0 Å². The summed E-state index contributed by atoms with van der Waals surface area (Å²) < 4.78 is 2.10. The highest BCUT2D eigenvalue weighted by atomic mass is 16.2. The zero-order chi connectivity index (χ0) is 16.2. The van der Waals surface area contributed by atoms with Crippen molar-refractivity contribution < 1.29 is 9.59 Å². The number of hydrogen-bond donors (Lipinski definition) is 0. The molecule has 0 bridgehead atoms. The highest BCUT2D eigenvalue weighted by Crippen LogP contribution is 2.24. The van der Waals surface area contributed by atoms with E-state index in [0.29, 0.717) is 12.5 Å². The van der Waals surface area contributed by atoms with Gasteiger partial charge in [-0.1, -0.05) is 0 Å². The number of aromatic nitrogens is 2. The maximum Gasteiger partial charge on any atom is 0.224 e. The number of likely N-dealkylation sites (tertiary alicyclic amines) is 2. The van der Waals surface area contributed by atoms with E-state index in [-0.39, 0.29) is 17.9 Å². The van der Waals surface area contributed by atoms with E-state index in [1.54, 1.807) is 13.1 Å². The normalized spacial score (nSPS) is 25.4. The van der Waals surface area contributed by atoms with Crippen molar-refractivity contribution >= 4 is 11.8 Å². The molecule has 0 saturated carbocycles. The highest BCUT2D eigenvalue weighted by molar-refractivity contribution is 5.79. The van der Waals surface area contributed by atoms with Crippen molar-refractivity contribution in [3.63, 3.8) is 0 Å². The number of carbonyl (C=O) groups is 2. The van der Waals surface area contributed by atoms with Crippen LogP contribution in [0.5, 0.6) is 0 Å². The van der Waals surface area contributed by atoms with E-state index in [1.807, 2.05) is 22.3 Å². The molecule has 2 aliphatic rings. The number of nitrogens with zero attached hydrogens (tertiary/aromatic N) is 4. The molecular formula is C17H26N4O2. The minimum Gasteiger partial charge on any atom is -0.341 e. The van der Waals surface area contributed by atoms with Gasteiger partial charge in [0, 0.05) is 51.4 Å². The van der Waals surface area contributed by atoms with E-state index in [0.717, 1.165) is 51.7 Å². The molecule has 1 aromatic heterocycles. The first kappa shape index (κ1) is 16.0. The minimum absolute atomic E-state index is 0.0855. The Morgan fingerprint density at radius 1 is 1.17 bits per heavy atom. The lowest BCUT2D eigenvalue weighted by atomic mass is 9.97. The number of imidazole rings is 1. The summed E-state index contributed by atoms with van der Waals surface area (Å²) in [5.41, 5.74) is 0. The zero-order valence-electron chi connectivity index (χ0n) is 13.9. The van der Waals surface area contributed by atoms with Gasteiger partial charge in [0.15, 0.2) is 0 Å². The highest BCUT2D eigenvalue weighted by Gasteiger charge is 2.30. The van der Waals surface area contributed by atoms with Gasteiger partial charge in [-0.15, -0.1) is 0 Å². The van der Waals surface area contributed by atoms with Gasteiger partial charge in [0.2, 0.25) is 11.8 Å². The van der Waals surface area contributed by atoms with Gasteiger partial charge in [0.25, 0.3) is 0 Å². The molecule has 0 N–H and O–H groups in total. The molecule has 2 aliphatic heterocycles. The second-order valence-corrected chi connectivity index (χ2v) is 6.71. The van der Waals surface area contributed by atoms with Crippen LogP contribution >= 0.6 is 0 Å². The van der Waals surface area contributed by atoms with E-state index in [1.165, 1.54) is 0 Å². The molecule has 0 spiro atoms. The van der Waals surface area contributed by atoms with E-state index >= 15 is 0 Å². The summed E-state index contributed by atoms with van der Waals surface area (Å²) in [7, 11) is 0. The molecule has 3 rings (SSSR count). The molecule has 0 aliphatic carbocycles. The standard InChI is InChI=1S/C17H26N4O2/c1-14(22)21-9-3-2-5-15(21)11-17(23)19-8-4-6-16(12-19)20-10-7-18-13-20/h7,10,13,15-16H,2-6,8-9,11-12H2,1H3/t15-,16+/m1/s1. The summed E-state index contributed by atoms with van der Waals surface area (Å²) in [6.45, 7) is 3.99. The summed E-state index contributed by atoms with van der Waals surface area (Å²) in [6.07, 6.45) is 11.3.